The molecular weight excluding hydrogens is 320 g/mol. The molecule has 20 heavy (non-hydrogen) atoms. The highest BCUT2D eigenvalue weighted by Crippen LogP contribution is 2.33. The summed E-state index contributed by atoms with van der Waals surface area (Å²) in [4.78, 5) is 14.3. The van der Waals surface area contributed by atoms with E-state index < -0.39 is 0 Å². The number of carbonyl (C=O) groups excluding carboxylic acids is 1. The van der Waals surface area contributed by atoms with Gasteiger partial charge in [0.15, 0.2) is 0 Å². The van der Waals surface area contributed by atoms with Crippen LogP contribution in [0.1, 0.15) is 24.6 Å². The van der Waals surface area contributed by atoms with Gasteiger partial charge in [0.25, 0.3) is 0 Å². The van der Waals surface area contributed by atoms with Crippen molar-refractivity contribution in [3.8, 4) is 0 Å². The van der Waals surface area contributed by atoms with Crippen molar-refractivity contribution in [2.24, 2.45) is 0 Å². The van der Waals surface area contributed by atoms with Gasteiger partial charge in [0.1, 0.15) is 5.76 Å². The third-order valence-corrected chi connectivity index (χ3v) is 4.19. The largest absolute Gasteiger partial charge is 0.467 e. The average molecular weight is 335 g/mol. The van der Waals surface area contributed by atoms with Gasteiger partial charge < -0.3 is 14.6 Å². The minimum Gasteiger partial charge on any atom is -0.467 e. The van der Waals surface area contributed by atoms with Gasteiger partial charge in [0, 0.05) is 11.0 Å². The van der Waals surface area contributed by atoms with Crippen molar-refractivity contribution >= 4 is 27.6 Å². The number of furan rings is 1. The molecule has 0 spiro atoms. The summed E-state index contributed by atoms with van der Waals surface area (Å²) in [6.45, 7) is 0.752. The first-order valence-corrected chi connectivity index (χ1v) is 7.40. The number of para-hydroxylation sites is 1. The number of halogens is 1. The van der Waals surface area contributed by atoms with Crippen molar-refractivity contribution in [3.63, 3.8) is 0 Å². The SMILES string of the molecule is O=C(Nc1ccccc1Br)N1CCC[C@@H]1c1ccco1. The van der Waals surface area contributed by atoms with Crippen LogP contribution in [0.25, 0.3) is 0 Å². The first-order valence-electron chi connectivity index (χ1n) is 6.61. The van der Waals surface area contributed by atoms with Gasteiger partial charge in [-0.05, 0) is 53.0 Å². The van der Waals surface area contributed by atoms with Crippen LogP contribution in [-0.2, 0) is 0 Å². The summed E-state index contributed by atoms with van der Waals surface area (Å²) in [7, 11) is 0. The highest BCUT2D eigenvalue weighted by Gasteiger charge is 2.31. The van der Waals surface area contributed by atoms with Crippen molar-refractivity contribution in [3.05, 3.63) is 52.9 Å². The average Bonchev–Trinajstić information content (AvgIpc) is 3.11. The molecule has 0 aliphatic carbocycles. The zero-order valence-corrected chi connectivity index (χ0v) is 12.5. The van der Waals surface area contributed by atoms with Gasteiger partial charge in [0.05, 0.1) is 18.0 Å². The lowest BCUT2D eigenvalue weighted by molar-refractivity contribution is 0.200. The number of nitrogens with zero attached hydrogens (tertiary/aromatic N) is 1. The second kappa shape index (κ2) is 5.71. The van der Waals surface area contributed by atoms with Crippen molar-refractivity contribution in [2.45, 2.75) is 18.9 Å². The number of benzene rings is 1. The fraction of sp³-hybridized carbons (Fsp3) is 0.267. The molecule has 1 fully saturated rings. The van der Waals surface area contributed by atoms with E-state index in [1.165, 1.54) is 0 Å². The summed E-state index contributed by atoms with van der Waals surface area (Å²) in [6, 6.07) is 11.3. The molecule has 1 aromatic heterocycles. The van der Waals surface area contributed by atoms with Crippen LogP contribution in [0.2, 0.25) is 0 Å². The van der Waals surface area contributed by atoms with E-state index in [-0.39, 0.29) is 12.1 Å². The lowest BCUT2D eigenvalue weighted by Gasteiger charge is -2.23. The van der Waals surface area contributed by atoms with Gasteiger partial charge in [-0.2, -0.15) is 0 Å². The fourth-order valence-corrected chi connectivity index (χ4v) is 2.92. The minimum atomic E-state index is -0.0872. The molecule has 1 aliphatic rings. The maximum Gasteiger partial charge on any atom is 0.322 e. The highest BCUT2D eigenvalue weighted by molar-refractivity contribution is 9.10. The Labute approximate surface area is 125 Å². The molecule has 5 heteroatoms. The van der Waals surface area contributed by atoms with Crippen LogP contribution in [0.4, 0.5) is 10.5 Å². The van der Waals surface area contributed by atoms with E-state index in [1.54, 1.807) is 6.26 Å². The number of rotatable bonds is 2. The molecule has 1 aromatic carbocycles. The van der Waals surface area contributed by atoms with Crippen LogP contribution < -0.4 is 5.32 Å². The number of carbonyl (C=O) groups is 1. The first kappa shape index (κ1) is 13.2. The molecule has 2 aromatic rings. The third kappa shape index (κ3) is 2.58. The Morgan fingerprint density at radius 1 is 1.30 bits per heavy atom. The van der Waals surface area contributed by atoms with Crippen molar-refractivity contribution in [2.75, 3.05) is 11.9 Å². The fourth-order valence-electron chi connectivity index (χ4n) is 2.54. The van der Waals surface area contributed by atoms with Crippen LogP contribution in [0.5, 0.6) is 0 Å². The molecule has 1 aliphatic heterocycles. The normalized spacial score (nSPS) is 18.2. The smallest absolute Gasteiger partial charge is 0.322 e. The zero-order chi connectivity index (χ0) is 13.9. The van der Waals surface area contributed by atoms with Crippen LogP contribution in [-0.4, -0.2) is 17.5 Å². The predicted molar refractivity (Wildman–Crippen MR) is 80.5 cm³/mol. The van der Waals surface area contributed by atoms with E-state index >= 15 is 0 Å². The molecule has 4 nitrogen and oxygen atoms in total. The van der Waals surface area contributed by atoms with Crippen molar-refractivity contribution < 1.29 is 9.21 Å². The number of anilines is 1. The molecule has 0 radical (unpaired) electrons. The molecule has 0 bridgehead atoms. The Morgan fingerprint density at radius 2 is 2.15 bits per heavy atom. The minimum absolute atomic E-state index is 0.0347. The monoisotopic (exact) mass is 334 g/mol. The summed E-state index contributed by atoms with van der Waals surface area (Å²) in [5, 5.41) is 2.94. The zero-order valence-electron chi connectivity index (χ0n) is 10.9. The summed E-state index contributed by atoms with van der Waals surface area (Å²) in [5.74, 6) is 0.852. The Morgan fingerprint density at radius 3 is 2.90 bits per heavy atom. The molecule has 104 valence electrons. The Balaban J connectivity index is 1.75. The quantitative estimate of drug-likeness (QED) is 0.883. The van der Waals surface area contributed by atoms with Crippen LogP contribution in [0, 0.1) is 0 Å². The molecule has 0 unspecified atom stereocenters. The van der Waals surface area contributed by atoms with Gasteiger partial charge in [-0.1, -0.05) is 12.1 Å². The second-order valence-electron chi connectivity index (χ2n) is 4.78. The first-order chi connectivity index (χ1) is 9.75. The Bertz CT molecular complexity index is 598. The molecule has 2 amide bonds. The van der Waals surface area contributed by atoms with Gasteiger partial charge in [-0.3, -0.25) is 0 Å². The molecule has 3 rings (SSSR count). The number of nitrogens with one attached hydrogen (secondary N) is 1. The maximum atomic E-state index is 12.4. The highest BCUT2D eigenvalue weighted by atomic mass is 79.9. The summed E-state index contributed by atoms with van der Waals surface area (Å²) in [6.07, 6.45) is 3.59. The summed E-state index contributed by atoms with van der Waals surface area (Å²) >= 11 is 3.44. The van der Waals surface area contributed by atoms with E-state index in [2.05, 4.69) is 21.2 Å². The van der Waals surface area contributed by atoms with Gasteiger partial charge in [-0.15, -0.1) is 0 Å². The summed E-state index contributed by atoms with van der Waals surface area (Å²) in [5.41, 5.74) is 0.780. The van der Waals surface area contributed by atoms with Gasteiger partial charge in [-0.25, -0.2) is 4.79 Å². The van der Waals surface area contributed by atoms with Gasteiger partial charge in [0.2, 0.25) is 0 Å². The van der Waals surface area contributed by atoms with E-state index in [0.29, 0.717) is 0 Å². The van der Waals surface area contributed by atoms with Crippen LogP contribution in [0.15, 0.2) is 51.6 Å². The lowest BCUT2D eigenvalue weighted by Crippen LogP contribution is -2.34. The number of amides is 2. The Hall–Kier alpha value is -1.75. The summed E-state index contributed by atoms with van der Waals surface area (Å²) < 4.78 is 6.32. The van der Waals surface area contributed by atoms with Crippen LogP contribution in [0.3, 0.4) is 0 Å². The maximum absolute atomic E-state index is 12.4. The number of hydrogen-bond donors (Lipinski definition) is 1. The number of hydrogen-bond acceptors (Lipinski definition) is 2. The Kier molecular flexibility index (Phi) is 3.78. The van der Waals surface area contributed by atoms with E-state index in [1.807, 2.05) is 41.3 Å². The number of urea groups is 1. The number of likely N-dealkylation sites (tertiary alicyclic amines) is 1. The molecule has 1 saturated heterocycles. The molecular formula is C15H15BrN2O2. The van der Waals surface area contributed by atoms with E-state index in [4.69, 9.17) is 4.42 Å². The standard InChI is InChI=1S/C15H15BrN2O2/c16-11-5-1-2-6-12(11)17-15(19)18-9-3-7-13(18)14-8-4-10-20-14/h1-2,4-6,8,10,13H,3,7,9H2,(H,17,19)/t13-/m1/s1. The predicted octanol–water partition coefficient (Wildman–Crippen LogP) is 4.41. The van der Waals surface area contributed by atoms with E-state index in [0.717, 1.165) is 35.3 Å². The van der Waals surface area contributed by atoms with Crippen LogP contribution >= 0.6 is 15.9 Å². The molecule has 2 heterocycles. The van der Waals surface area contributed by atoms with Gasteiger partial charge >= 0.3 is 6.03 Å². The molecule has 0 saturated carbocycles. The molecule has 1 N–H and O–H groups in total. The van der Waals surface area contributed by atoms with Crippen molar-refractivity contribution in [1.82, 2.24) is 4.90 Å². The topological polar surface area (TPSA) is 45.5 Å². The van der Waals surface area contributed by atoms with Crippen molar-refractivity contribution in [1.29, 1.82) is 0 Å². The van der Waals surface area contributed by atoms with E-state index in [9.17, 15) is 4.79 Å². The second-order valence-corrected chi connectivity index (χ2v) is 5.63. The third-order valence-electron chi connectivity index (χ3n) is 3.50. The molecule has 1 atom stereocenters. The lowest BCUT2D eigenvalue weighted by atomic mass is 10.2.